The fourth-order valence-electron chi connectivity index (χ4n) is 1.25. The summed E-state index contributed by atoms with van der Waals surface area (Å²) >= 11 is 5.91. The number of aromatic amines is 1. The van der Waals surface area contributed by atoms with E-state index in [9.17, 15) is 0 Å². The lowest BCUT2D eigenvalue weighted by Gasteiger charge is -2.00. The van der Waals surface area contributed by atoms with E-state index < -0.39 is 0 Å². The number of nitrogens with zero attached hydrogens (tertiary/aromatic N) is 2. The van der Waals surface area contributed by atoms with Crippen LogP contribution in [0.5, 0.6) is 0 Å². The molecule has 0 amide bonds. The molecule has 0 saturated carbocycles. The Hall–Kier alpha value is -1.42. The summed E-state index contributed by atoms with van der Waals surface area (Å²) in [7, 11) is 1.82. The molecule has 4 nitrogen and oxygen atoms in total. The molecular weight excluding hydrogens is 188 g/mol. The zero-order chi connectivity index (χ0) is 9.42. The zero-order valence-electron chi connectivity index (χ0n) is 7.08. The van der Waals surface area contributed by atoms with Crippen LogP contribution in [0, 0.1) is 0 Å². The molecule has 3 N–H and O–H groups in total. The third-order valence-corrected chi connectivity index (χ3v) is 2.20. The molecule has 0 fully saturated rings. The normalized spacial score (nSPS) is 10.6. The Balaban J connectivity index is 2.64. The SMILES string of the molecule is Cn1c(N)nc(Cl)c1-c1ccc[nH]1. The van der Waals surface area contributed by atoms with E-state index >= 15 is 0 Å². The Morgan fingerprint density at radius 3 is 2.85 bits per heavy atom. The number of nitrogens with one attached hydrogen (secondary N) is 1. The summed E-state index contributed by atoms with van der Waals surface area (Å²) in [6.45, 7) is 0. The molecule has 0 aliphatic heterocycles. The molecule has 0 atom stereocenters. The van der Waals surface area contributed by atoms with Crippen LogP contribution in [-0.4, -0.2) is 14.5 Å². The van der Waals surface area contributed by atoms with Gasteiger partial charge in [0.2, 0.25) is 5.95 Å². The standard InChI is InChI=1S/C8H9ClN4/c1-13-6(5-3-2-4-11-5)7(9)12-8(13)10/h2-4,11H,1H3,(H2,10,12). The maximum Gasteiger partial charge on any atom is 0.201 e. The first-order valence-corrected chi connectivity index (χ1v) is 4.19. The van der Waals surface area contributed by atoms with E-state index in [0.717, 1.165) is 11.4 Å². The van der Waals surface area contributed by atoms with E-state index in [2.05, 4.69) is 9.97 Å². The van der Waals surface area contributed by atoms with E-state index in [1.54, 1.807) is 4.57 Å². The molecule has 68 valence electrons. The topological polar surface area (TPSA) is 59.6 Å². The smallest absolute Gasteiger partial charge is 0.201 e. The van der Waals surface area contributed by atoms with Crippen LogP contribution in [0.15, 0.2) is 18.3 Å². The number of nitrogens with two attached hydrogens (primary N) is 1. The summed E-state index contributed by atoms with van der Waals surface area (Å²) in [4.78, 5) is 7.00. The van der Waals surface area contributed by atoms with E-state index in [1.807, 2.05) is 25.4 Å². The van der Waals surface area contributed by atoms with Crippen LogP contribution >= 0.6 is 11.6 Å². The lowest BCUT2D eigenvalue weighted by molar-refractivity contribution is 0.934. The lowest BCUT2D eigenvalue weighted by Crippen LogP contribution is -1.98. The van der Waals surface area contributed by atoms with Gasteiger partial charge in [-0.15, -0.1) is 0 Å². The van der Waals surface area contributed by atoms with Crippen molar-refractivity contribution in [1.82, 2.24) is 14.5 Å². The minimum Gasteiger partial charge on any atom is -0.369 e. The Labute approximate surface area is 80.3 Å². The number of hydrogen-bond donors (Lipinski definition) is 2. The van der Waals surface area contributed by atoms with Crippen molar-refractivity contribution in [1.29, 1.82) is 0 Å². The average Bonchev–Trinajstić information content (AvgIpc) is 2.63. The zero-order valence-corrected chi connectivity index (χ0v) is 7.84. The van der Waals surface area contributed by atoms with Crippen LogP contribution in [0.3, 0.4) is 0 Å². The summed E-state index contributed by atoms with van der Waals surface area (Å²) in [6, 6.07) is 3.82. The van der Waals surface area contributed by atoms with Crippen molar-refractivity contribution in [3.63, 3.8) is 0 Å². The first kappa shape index (κ1) is 8.19. The summed E-state index contributed by atoms with van der Waals surface area (Å²) in [5, 5.41) is 0.419. The molecule has 0 aromatic carbocycles. The molecule has 0 spiro atoms. The molecular formula is C8H9ClN4. The maximum atomic E-state index is 5.91. The van der Waals surface area contributed by atoms with Gasteiger partial charge in [-0.25, -0.2) is 4.98 Å². The van der Waals surface area contributed by atoms with Crippen molar-refractivity contribution in [3.05, 3.63) is 23.5 Å². The number of aromatic nitrogens is 3. The molecule has 13 heavy (non-hydrogen) atoms. The highest BCUT2D eigenvalue weighted by molar-refractivity contribution is 6.32. The predicted molar refractivity (Wildman–Crippen MR) is 52.4 cm³/mol. The molecule has 2 aromatic heterocycles. The lowest BCUT2D eigenvalue weighted by atomic mass is 10.3. The van der Waals surface area contributed by atoms with E-state index in [4.69, 9.17) is 17.3 Å². The Morgan fingerprint density at radius 2 is 2.38 bits per heavy atom. The fourth-order valence-corrected chi connectivity index (χ4v) is 1.57. The Kier molecular flexibility index (Phi) is 1.77. The number of hydrogen-bond acceptors (Lipinski definition) is 2. The van der Waals surface area contributed by atoms with Crippen molar-refractivity contribution in [3.8, 4) is 11.4 Å². The van der Waals surface area contributed by atoms with Crippen LogP contribution in [-0.2, 0) is 7.05 Å². The highest BCUT2D eigenvalue weighted by Crippen LogP contribution is 2.27. The van der Waals surface area contributed by atoms with Crippen molar-refractivity contribution in [2.75, 3.05) is 5.73 Å². The average molecular weight is 197 g/mol. The number of imidazole rings is 1. The molecule has 0 unspecified atom stereocenters. The summed E-state index contributed by atoms with van der Waals surface area (Å²) in [5.74, 6) is 0.412. The number of nitrogen functional groups attached to an aromatic ring is 1. The minimum atomic E-state index is 0.412. The van der Waals surface area contributed by atoms with Crippen molar-refractivity contribution in [2.45, 2.75) is 0 Å². The molecule has 5 heteroatoms. The van der Waals surface area contributed by atoms with Gasteiger partial charge >= 0.3 is 0 Å². The van der Waals surface area contributed by atoms with E-state index in [-0.39, 0.29) is 0 Å². The van der Waals surface area contributed by atoms with Crippen LogP contribution in [0.2, 0.25) is 5.15 Å². The highest BCUT2D eigenvalue weighted by Gasteiger charge is 2.12. The number of anilines is 1. The van der Waals surface area contributed by atoms with Crippen molar-refractivity contribution < 1.29 is 0 Å². The first-order chi connectivity index (χ1) is 6.20. The van der Waals surface area contributed by atoms with Gasteiger partial charge < -0.3 is 15.3 Å². The van der Waals surface area contributed by atoms with Gasteiger partial charge in [-0.05, 0) is 12.1 Å². The highest BCUT2D eigenvalue weighted by atomic mass is 35.5. The van der Waals surface area contributed by atoms with Gasteiger partial charge in [0.05, 0.1) is 5.69 Å². The Bertz CT molecular complexity index is 416. The van der Waals surface area contributed by atoms with E-state index in [0.29, 0.717) is 11.1 Å². The van der Waals surface area contributed by atoms with Gasteiger partial charge in [-0.1, -0.05) is 11.6 Å². The quantitative estimate of drug-likeness (QED) is 0.729. The predicted octanol–water partition coefficient (Wildman–Crippen LogP) is 1.65. The summed E-state index contributed by atoms with van der Waals surface area (Å²) in [5.41, 5.74) is 7.32. The van der Waals surface area contributed by atoms with Gasteiger partial charge in [0.25, 0.3) is 0 Å². The monoisotopic (exact) mass is 196 g/mol. The molecule has 0 saturated heterocycles. The fraction of sp³-hybridized carbons (Fsp3) is 0.125. The van der Waals surface area contributed by atoms with Crippen LogP contribution < -0.4 is 5.73 Å². The second-order valence-corrected chi connectivity index (χ2v) is 3.11. The largest absolute Gasteiger partial charge is 0.369 e. The van der Waals surface area contributed by atoms with Gasteiger partial charge in [0.15, 0.2) is 5.15 Å². The van der Waals surface area contributed by atoms with Gasteiger partial charge in [-0.3, -0.25) is 0 Å². The molecule has 0 bridgehead atoms. The van der Waals surface area contributed by atoms with Gasteiger partial charge in [-0.2, -0.15) is 0 Å². The molecule has 0 radical (unpaired) electrons. The van der Waals surface area contributed by atoms with Crippen LogP contribution in [0.4, 0.5) is 5.95 Å². The van der Waals surface area contributed by atoms with Crippen molar-refractivity contribution in [2.24, 2.45) is 7.05 Å². The maximum absolute atomic E-state index is 5.91. The van der Waals surface area contributed by atoms with Crippen molar-refractivity contribution >= 4 is 17.5 Å². The third-order valence-electron chi connectivity index (χ3n) is 1.94. The number of halogens is 1. The summed E-state index contributed by atoms with van der Waals surface area (Å²) in [6.07, 6.45) is 1.83. The molecule has 2 heterocycles. The van der Waals surface area contributed by atoms with E-state index in [1.165, 1.54) is 0 Å². The summed E-state index contributed by atoms with van der Waals surface area (Å²) < 4.78 is 1.74. The molecule has 0 aliphatic rings. The molecule has 0 aliphatic carbocycles. The molecule has 2 rings (SSSR count). The minimum absolute atomic E-state index is 0.412. The first-order valence-electron chi connectivity index (χ1n) is 3.81. The second-order valence-electron chi connectivity index (χ2n) is 2.75. The van der Waals surface area contributed by atoms with Crippen LogP contribution in [0.1, 0.15) is 0 Å². The third kappa shape index (κ3) is 1.19. The van der Waals surface area contributed by atoms with Gasteiger partial charge in [0, 0.05) is 13.2 Å². The molecule has 2 aromatic rings. The van der Waals surface area contributed by atoms with Gasteiger partial charge in [0.1, 0.15) is 5.69 Å². The van der Waals surface area contributed by atoms with Crippen LogP contribution in [0.25, 0.3) is 11.4 Å². The number of rotatable bonds is 1. The number of H-pyrrole nitrogens is 1. The Morgan fingerprint density at radius 1 is 1.62 bits per heavy atom. The second kappa shape index (κ2) is 2.81.